The van der Waals surface area contributed by atoms with Crippen LogP contribution in [0.5, 0.6) is 5.75 Å². The summed E-state index contributed by atoms with van der Waals surface area (Å²) in [4.78, 5) is 28.8. The zero-order valence-corrected chi connectivity index (χ0v) is 23.0. The van der Waals surface area contributed by atoms with Crippen molar-refractivity contribution >= 4 is 27.7 Å². The molecule has 6 heteroatoms. The molecule has 3 aromatic carbocycles. The van der Waals surface area contributed by atoms with Gasteiger partial charge in [0, 0.05) is 23.5 Å². The lowest BCUT2D eigenvalue weighted by Gasteiger charge is -2.32. The number of hydrogen-bond acceptors (Lipinski definition) is 3. The molecule has 190 valence electrons. The zero-order chi connectivity index (χ0) is 26.1. The van der Waals surface area contributed by atoms with Crippen LogP contribution < -0.4 is 10.1 Å². The lowest BCUT2D eigenvalue weighted by atomic mass is 10.0. The second kappa shape index (κ2) is 13.3. The van der Waals surface area contributed by atoms with Gasteiger partial charge in [-0.25, -0.2) is 0 Å². The van der Waals surface area contributed by atoms with E-state index in [0.29, 0.717) is 18.7 Å². The number of rotatable bonds is 11. The summed E-state index contributed by atoms with van der Waals surface area (Å²) in [7, 11) is 0. The number of halogens is 1. The molecular weight excluding hydrogens is 516 g/mol. The molecule has 0 aromatic heterocycles. The average Bonchev–Trinajstić information content (AvgIpc) is 2.87. The van der Waals surface area contributed by atoms with Gasteiger partial charge >= 0.3 is 0 Å². The molecule has 2 amide bonds. The molecule has 0 saturated heterocycles. The van der Waals surface area contributed by atoms with E-state index in [1.165, 1.54) is 0 Å². The third-order valence-corrected chi connectivity index (χ3v) is 6.85. The van der Waals surface area contributed by atoms with E-state index in [0.717, 1.165) is 33.1 Å². The van der Waals surface area contributed by atoms with E-state index in [4.69, 9.17) is 4.74 Å². The van der Waals surface area contributed by atoms with Crippen molar-refractivity contribution in [1.82, 2.24) is 10.2 Å². The minimum Gasteiger partial charge on any atom is -0.484 e. The van der Waals surface area contributed by atoms with Crippen LogP contribution in [-0.4, -0.2) is 35.4 Å². The maximum Gasteiger partial charge on any atom is 0.261 e. The maximum absolute atomic E-state index is 13.7. The summed E-state index contributed by atoms with van der Waals surface area (Å²) >= 11 is 3.52. The fraction of sp³-hybridized carbons (Fsp3) is 0.333. The zero-order valence-electron chi connectivity index (χ0n) is 21.5. The van der Waals surface area contributed by atoms with Crippen molar-refractivity contribution in [2.45, 2.75) is 59.2 Å². The Morgan fingerprint density at radius 2 is 1.67 bits per heavy atom. The Hall–Kier alpha value is -3.12. The summed E-state index contributed by atoms with van der Waals surface area (Å²) in [6, 6.07) is 22.7. The van der Waals surface area contributed by atoms with Crippen molar-refractivity contribution < 1.29 is 14.3 Å². The highest BCUT2D eigenvalue weighted by atomic mass is 79.9. The van der Waals surface area contributed by atoms with Gasteiger partial charge in [0.05, 0.1) is 0 Å². The largest absolute Gasteiger partial charge is 0.484 e. The molecular formula is C30H35BrN2O3. The Balaban J connectivity index is 1.91. The monoisotopic (exact) mass is 550 g/mol. The molecule has 0 spiro atoms. The van der Waals surface area contributed by atoms with Crippen LogP contribution in [0.1, 0.15) is 42.5 Å². The van der Waals surface area contributed by atoms with Gasteiger partial charge in [0.2, 0.25) is 5.91 Å². The van der Waals surface area contributed by atoms with Crippen LogP contribution in [0, 0.1) is 13.8 Å². The summed E-state index contributed by atoms with van der Waals surface area (Å²) in [6.07, 6.45) is 1.21. The Kier molecular flexibility index (Phi) is 10.1. The van der Waals surface area contributed by atoms with Gasteiger partial charge in [0.1, 0.15) is 11.8 Å². The molecule has 2 atom stereocenters. The van der Waals surface area contributed by atoms with E-state index >= 15 is 0 Å². The molecule has 5 nitrogen and oxygen atoms in total. The van der Waals surface area contributed by atoms with E-state index in [1.54, 1.807) is 4.90 Å². The number of nitrogens with one attached hydrogen (secondary N) is 1. The highest BCUT2D eigenvalue weighted by molar-refractivity contribution is 9.10. The van der Waals surface area contributed by atoms with Crippen LogP contribution in [-0.2, 0) is 22.6 Å². The number of carbonyl (C=O) groups is 2. The van der Waals surface area contributed by atoms with Gasteiger partial charge in [0.25, 0.3) is 5.91 Å². The summed E-state index contributed by atoms with van der Waals surface area (Å²) in [5, 5.41) is 3.09. The third kappa shape index (κ3) is 7.95. The van der Waals surface area contributed by atoms with Gasteiger partial charge in [-0.15, -0.1) is 0 Å². The molecule has 3 aromatic rings. The van der Waals surface area contributed by atoms with Crippen LogP contribution in [0.2, 0.25) is 0 Å². The third-order valence-electron chi connectivity index (χ3n) is 6.35. The van der Waals surface area contributed by atoms with Crippen molar-refractivity contribution in [2.24, 2.45) is 0 Å². The maximum atomic E-state index is 13.7. The first-order chi connectivity index (χ1) is 17.3. The van der Waals surface area contributed by atoms with Crippen molar-refractivity contribution in [3.63, 3.8) is 0 Å². The van der Waals surface area contributed by atoms with Gasteiger partial charge in [-0.1, -0.05) is 71.4 Å². The number of benzene rings is 3. The number of hydrogen-bond donors (Lipinski definition) is 1. The SMILES string of the molecule is CC[C@@H](C)NC(=O)[C@@H](Cc1ccccc1)N(Cc1cccc(Br)c1)C(=O)COc1ccc(C)c(C)c1. The van der Waals surface area contributed by atoms with Crippen LogP contribution in [0.25, 0.3) is 0 Å². The average molecular weight is 552 g/mol. The van der Waals surface area contributed by atoms with Gasteiger partial charge in [-0.05, 0) is 73.7 Å². The van der Waals surface area contributed by atoms with Crippen LogP contribution in [0.15, 0.2) is 77.3 Å². The van der Waals surface area contributed by atoms with Crippen LogP contribution >= 0.6 is 15.9 Å². The molecule has 1 N–H and O–H groups in total. The second-order valence-corrected chi connectivity index (χ2v) is 10.1. The molecule has 0 bridgehead atoms. The first-order valence-electron chi connectivity index (χ1n) is 12.3. The van der Waals surface area contributed by atoms with Gasteiger partial charge in [-0.3, -0.25) is 9.59 Å². The Bertz CT molecular complexity index is 1170. The number of ether oxygens (including phenoxy) is 1. The quantitative estimate of drug-likeness (QED) is 0.318. The highest BCUT2D eigenvalue weighted by Gasteiger charge is 2.31. The summed E-state index contributed by atoms with van der Waals surface area (Å²) in [6.45, 7) is 8.19. The van der Waals surface area contributed by atoms with Crippen LogP contribution in [0.3, 0.4) is 0 Å². The molecule has 0 radical (unpaired) electrons. The molecule has 0 fully saturated rings. The first-order valence-corrected chi connectivity index (χ1v) is 13.1. The molecule has 0 aliphatic carbocycles. The summed E-state index contributed by atoms with van der Waals surface area (Å²) < 4.78 is 6.82. The first kappa shape index (κ1) is 27.5. The highest BCUT2D eigenvalue weighted by Crippen LogP contribution is 2.20. The number of nitrogens with zero attached hydrogens (tertiary/aromatic N) is 1. The minimum absolute atomic E-state index is 0.00498. The van der Waals surface area contributed by atoms with E-state index in [2.05, 4.69) is 21.2 Å². The van der Waals surface area contributed by atoms with Crippen molar-refractivity contribution in [3.05, 3.63) is 99.5 Å². The summed E-state index contributed by atoms with van der Waals surface area (Å²) in [5.41, 5.74) is 4.18. The second-order valence-electron chi connectivity index (χ2n) is 9.21. The fourth-order valence-corrected chi connectivity index (χ4v) is 4.31. The fourth-order valence-electron chi connectivity index (χ4n) is 3.86. The molecule has 3 rings (SSSR count). The number of amides is 2. The Morgan fingerprint density at radius 1 is 0.944 bits per heavy atom. The molecule has 0 heterocycles. The lowest BCUT2D eigenvalue weighted by Crippen LogP contribution is -2.53. The Labute approximate surface area is 223 Å². The van der Waals surface area contributed by atoms with Gasteiger partial charge < -0.3 is 15.0 Å². The Morgan fingerprint density at radius 3 is 2.33 bits per heavy atom. The molecule has 0 aliphatic rings. The van der Waals surface area contributed by atoms with Gasteiger partial charge in [0.15, 0.2) is 6.61 Å². The topological polar surface area (TPSA) is 58.6 Å². The lowest BCUT2D eigenvalue weighted by molar-refractivity contribution is -0.143. The van der Waals surface area contributed by atoms with Crippen molar-refractivity contribution in [1.29, 1.82) is 0 Å². The standard InChI is InChI=1S/C30H35BrN2O3/c1-5-23(4)32-30(35)28(18-24-10-7-6-8-11-24)33(19-25-12-9-13-26(31)17-25)29(34)20-36-27-15-14-21(2)22(3)16-27/h6-17,23,28H,5,18-20H2,1-4H3,(H,32,35)/t23-,28-/m1/s1. The van der Waals surface area contributed by atoms with Gasteiger partial charge in [-0.2, -0.15) is 0 Å². The predicted octanol–water partition coefficient (Wildman–Crippen LogP) is 6.00. The minimum atomic E-state index is -0.684. The number of aryl methyl sites for hydroxylation is 2. The van der Waals surface area contributed by atoms with E-state index in [-0.39, 0.29) is 24.5 Å². The predicted molar refractivity (Wildman–Crippen MR) is 148 cm³/mol. The molecule has 0 unspecified atom stereocenters. The molecule has 36 heavy (non-hydrogen) atoms. The normalized spacial score (nSPS) is 12.5. The summed E-state index contributed by atoms with van der Waals surface area (Å²) in [5.74, 6) is 0.230. The molecule has 0 aliphatic heterocycles. The van der Waals surface area contributed by atoms with E-state index in [9.17, 15) is 9.59 Å². The number of carbonyl (C=O) groups excluding carboxylic acids is 2. The van der Waals surface area contributed by atoms with Crippen molar-refractivity contribution in [2.75, 3.05) is 6.61 Å². The van der Waals surface area contributed by atoms with Crippen molar-refractivity contribution in [3.8, 4) is 5.75 Å². The van der Waals surface area contributed by atoms with Crippen LogP contribution in [0.4, 0.5) is 0 Å². The smallest absolute Gasteiger partial charge is 0.261 e. The molecule has 0 saturated carbocycles. The van der Waals surface area contributed by atoms with E-state index < -0.39 is 6.04 Å². The van der Waals surface area contributed by atoms with E-state index in [1.807, 2.05) is 100 Å².